The van der Waals surface area contributed by atoms with Crippen molar-refractivity contribution in [1.82, 2.24) is 9.55 Å². The molecule has 30 heavy (non-hydrogen) atoms. The molecule has 2 unspecified atom stereocenters. The lowest BCUT2D eigenvalue weighted by Crippen LogP contribution is -2.37. The number of aryl methyl sites for hydroxylation is 4. The summed E-state index contributed by atoms with van der Waals surface area (Å²) in [5.41, 5.74) is 4.83. The van der Waals surface area contributed by atoms with Crippen LogP contribution in [0.3, 0.4) is 0 Å². The SMILES string of the molecule is Cc1ccc(CCC2(Cn3ccnc3)OCC(COc3c(C)cccc3C)O2)cc1. The zero-order chi connectivity index (χ0) is 21.0. The quantitative estimate of drug-likeness (QED) is 0.547. The summed E-state index contributed by atoms with van der Waals surface area (Å²) < 4.78 is 20.9. The van der Waals surface area contributed by atoms with Gasteiger partial charge in [0.25, 0.3) is 0 Å². The number of ether oxygens (including phenoxy) is 3. The minimum absolute atomic E-state index is 0.106. The zero-order valence-electron chi connectivity index (χ0n) is 18.0. The summed E-state index contributed by atoms with van der Waals surface area (Å²) in [7, 11) is 0. The van der Waals surface area contributed by atoms with Gasteiger partial charge in [0.1, 0.15) is 18.5 Å². The molecule has 5 nitrogen and oxygen atoms in total. The normalized spacial score (nSPS) is 21.1. The van der Waals surface area contributed by atoms with Gasteiger partial charge in [-0.2, -0.15) is 0 Å². The molecule has 5 heteroatoms. The number of hydrogen-bond donors (Lipinski definition) is 0. The van der Waals surface area contributed by atoms with Crippen LogP contribution >= 0.6 is 0 Å². The first kappa shape index (κ1) is 20.6. The van der Waals surface area contributed by atoms with Crippen LogP contribution in [0.5, 0.6) is 5.75 Å². The molecule has 0 spiro atoms. The van der Waals surface area contributed by atoms with Gasteiger partial charge in [0.15, 0.2) is 5.79 Å². The largest absolute Gasteiger partial charge is 0.490 e. The monoisotopic (exact) mass is 406 g/mol. The van der Waals surface area contributed by atoms with E-state index in [9.17, 15) is 0 Å². The van der Waals surface area contributed by atoms with Gasteiger partial charge in [-0.25, -0.2) is 4.98 Å². The van der Waals surface area contributed by atoms with E-state index in [1.54, 1.807) is 12.5 Å². The number of rotatable bonds is 8. The van der Waals surface area contributed by atoms with E-state index in [1.807, 2.05) is 16.8 Å². The van der Waals surface area contributed by atoms with E-state index in [0.717, 1.165) is 29.7 Å². The van der Waals surface area contributed by atoms with Gasteiger partial charge in [-0.05, 0) is 43.9 Å². The van der Waals surface area contributed by atoms with Gasteiger partial charge in [0.05, 0.1) is 19.5 Å². The second kappa shape index (κ2) is 9.02. The minimum Gasteiger partial charge on any atom is -0.490 e. The molecule has 0 amide bonds. The summed E-state index contributed by atoms with van der Waals surface area (Å²) in [6.07, 6.45) is 7.09. The van der Waals surface area contributed by atoms with Gasteiger partial charge in [-0.3, -0.25) is 0 Å². The van der Waals surface area contributed by atoms with E-state index in [0.29, 0.717) is 19.8 Å². The van der Waals surface area contributed by atoms with E-state index in [1.165, 1.54) is 11.1 Å². The maximum atomic E-state index is 6.47. The first-order valence-corrected chi connectivity index (χ1v) is 10.6. The Kier molecular flexibility index (Phi) is 6.21. The zero-order valence-corrected chi connectivity index (χ0v) is 18.0. The topological polar surface area (TPSA) is 45.5 Å². The molecule has 158 valence electrons. The molecule has 0 saturated carbocycles. The number of para-hydroxylation sites is 1. The summed E-state index contributed by atoms with van der Waals surface area (Å²) in [5, 5.41) is 0. The van der Waals surface area contributed by atoms with Crippen molar-refractivity contribution in [2.24, 2.45) is 0 Å². The van der Waals surface area contributed by atoms with Crippen molar-refractivity contribution < 1.29 is 14.2 Å². The molecule has 0 aliphatic carbocycles. The molecule has 1 aromatic heterocycles. The van der Waals surface area contributed by atoms with Gasteiger partial charge < -0.3 is 18.8 Å². The van der Waals surface area contributed by atoms with Crippen LogP contribution in [0.1, 0.15) is 28.7 Å². The first-order chi connectivity index (χ1) is 14.5. The Morgan fingerprint density at radius 2 is 1.87 bits per heavy atom. The number of nitrogens with zero attached hydrogens (tertiary/aromatic N) is 2. The van der Waals surface area contributed by atoms with Crippen LogP contribution in [0, 0.1) is 20.8 Å². The number of aromatic nitrogens is 2. The average Bonchev–Trinajstić information content (AvgIpc) is 3.38. The van der Waals surface area contributed by atoms with Crippen LogP contribution in [0.4, 0.5) is 0 Å². The van der Waals surface area contributed by atoms with Crippen molar-refractivity contribution in [2.45, 2.75) is 52.0 Å². The van der Waals surface area contributed by atoms with Crippen LogP contribution in [-0.4, -0.2) is 34.7 Å². The number of imidazole rings is 1. The molecule has 4 rings (SSSR count). The third-order valence-electron chi connectivity index (χ3n) is 5.63. The molecule has 0 radical (unpaired) electrons. The fourth-order valence-corrected chi connectivity index (χ4v) is 3.94. The van der Waals surface area contributed by atoms with Gasteiger partial charge in [0, 0.05) is 18.8 Å². The fraction of sp³-hybridized carbons (Fsp3) is 0.400. The Morgan fingerprint density at radius 1 is 1.10 bits per heavy atom. The van der Waals surface area contributed by atoms with Crippen molar-refractivity contribution >= 4 is 0 Å². The smallest absolute Gasteiger partial charge is 0.187 e. The van der Waals surface area contributed by atoms with Gasteiger partial charge >= 0.3 is 0 Å². The van der Waals surface area contributed by atoms with Gasteiger partial charge in [-0.1, -0.05) is 48.0 Å². The molecule has 1 aliphatic rings. The predicted octanol–water partition coefficient (Wildman–Crippen LogP) is 4.63. The molecule has 1 fully saturated rings. The van der Waals surface area contributed by atoms with Crippen molar-refractivity contribution in [3.05, 3.63) is 83.4 Å². The molecule has 2 atom stereocenters. The first-order valence-electron chi connectivity index (χ1n) is 10.6. The second-order valence-corrected chi connectivity index (χ2v) is 8.21. The van der Waals surface area contributed by atoms with Crippen LogP contribution in [0.25, 0.3) is 0 Å². The van der Waals surface area contributed by atoms with Crippen LogP contribution < -0.4 is 4.74 Å². The van der Waals surface area contributed by atoms with Crippen molar-refractivity contribution in [3.8, 4) is 5.75 Å². The predicted molar refractivity (Wildman–Crippen MR) is 117 cm³/mol. The third-order valence-corrected chi connectivity index (χ3v) is 5.63. The highest BCUT2D eigenvalue weighted by Crippen LogP contribution is 2.32. The highest BCUT2D eigenvalue weighted by atomic mass is 16.8. The lowest BCUT2D eigenvalue weighted by atomic mass is 10.0. The molecular weight excluding hydrogens is 376 g/mol. The number of benzene rings is 2. The third kappa shape index (κ3) is 4.91. The molecule has 2 heterocycles. The molecule has 1 aliphatic heterocycles. The van der Waals surface area contributed by atoms with Crippen LogP contribution in [0.15, 0.2) is 61.2 Å². The highest BCUT2D eigenvalue weighted by molar-refractivity contribution is 5.39. The maximum absolute atomic E-state index is 6.47. The molecule has 1 saturated heterocycles. The molecule has 0 bridgehead atoms. The molecular formula is C25H30N2O3. The Labute approximate surface area is 178 Å². The Morgan fingerprint density at radius 3 is 2.57 bits per heavy atom. The van der Waals surface area contributed by atoms with Crippen LogP contribution in [0.2, 0.25) is 0 Å². The van der Waals surface area contributed by atoms with Crippen molar-refractivity contribution in [1.29, 1.82) is 0 Å². The Balaban J connectivity index is 1.43. The lowest BCUT2D eigenvalue weighted by molar-refractivity contribution is -0.184. The average molecular weight is 407 g/mol. The Bertz CT molecular complexity index is 933. The maximum Gasteiger partial charge on any atom is 0.187 e. The summed E-state index contributed by atoms with van der Waals surface area (Å²) >= 11 is 0. The summed E-state index contributed by atoms with van der Waals surface area (Å²) in [6, 6.07) is 14.8. The Hall–Kier alpha value is -2.63. The second-order valence-electron chi connectivity index (χ2n) is 8.21. The summed E-state index contributed by atoms with van der Waals surface area (Å²) in [5.74, 6) is 0.258. The van der Waals surface area contributed by atoms with E-state index in [-0.39, 0.29) is 6.10 Å². The van der Waals surface area contributed by atoms with Crippen molar-refractivity contribution in [3.63, 3.8) is 0 Å². The molecule has 3 aromatic rings. The summed E-state index contributed by atoms with van der Waals surface area (Å²) in [6.45, 7) is 7.85. The standard InChI is InChI=1S/C25H30N2O3/c1-19-7-9-22(10-8-19)11-12-25(17-27-14-13-26-18-27)29-16-23(30-25)15-28-24-20(2)5-4-6-21(24)3/h4-10,13-14,18,23H,11-12,15-17H2,1-3H3. The summed E-state index contributed by atoms with van der Waals surface area (Å²) in [4.78, 5) is 4.16. The molecule has 0 N–H and O–H groups in total. The van der Waals surface area contributed by atoms with Gasteiger partial charge in [-0.15, -0.1) is 0 Å². The van der Waals surface area contributed by atoms with E-state index >= 15 is 0 Å². The number of hydrogen-bond acceptors (Lipinski definition) is 4. The van der Waals surface area contributed by atoms with E-state index in [2.05, 4.69) is 62.2 Å². The highest BCUT2D eigenvalue weighted by Gasteiger charge is 2.42. The molecule has 2 aromatic carbocycles. The van der Waals surface area contributed by atoms with Crippen molar-refractivity contribution in [2.75, 3.05) is 13.2 Å². The van der Waals surface area contributed by atoms with E-state index in [4.69, 9.17) is 14.2 Å². The van der Waals surface area contributed by atoms with E-state index < -0.39 is 5.79 Å². The van der Waals surface area contributed by atoms with Crippen LogP contribution in [-0.2, 0) is 22.4 Å². The fourth-order valence-electron chi connectivity index (χ4n) is 3.94. The lowest BCUT2D eigenvalue weighted by Gasteiger charge is -2.29. The minimum atomic E-state index is -0.680. The van der Waals surface area contributed by atoms with Gasteiger partial charge in [0.2, 0.25) is 0 Å².